The number of hydrogen-bond acceptors (Lipinski definition) is 3. The van der Waals surface area contributed by atoms with Crippen LogP contribution in [-0.4, -0.2) is 33.7 Å². The number of rotatable bonds is 4. The van der Waals surface area contributed by atoms with Gasteiger partial charge in [-0.2, -0.15) is 0 Å². The van der Waals surface area contributed by atoms with Crippen LogP contribution in [0.2, 0.25) is 0 Å². The molecule has 2 atom stereocenters. The van der Waals surface area contributed by atoms with Gasteiger partial charge in [-0.15, -0.1) is 0 Å². The third-order valence-corrected chi connectivity index (χ3v) is 6.05. The summed E-state index contributed by atoms with van der Waals surface area (Å²) in [5.41, 5.74) is 2.93. The van der Waals surface area contributed by atoms with E-state index in [1.165, 1.54) is 5.56 Å². The fourth-order valence-electron chi connectivity index (χ4n) is 2.43. The molecule has 0 radical (unpaired) electrons. The van der Waals surface area contributed by atoms with Crippen molar-refractivity contribution in [1.29, 1.82) is 0 Å². The summed E-state index contributed by atoms with van der Waals surface area (Å²) in [6.07, 6.45) is 1.58. The van der Waals surface area contributed by atoms with Crippen LogP contribution < -0.4 is 0 Å². The second-order valence-electron chi connectivity index (χ2n) is 5.45. The molecule has 0 spiro atoms. The summed E-state index contributed by atoms with van der Waals surface area (Å²) < 4.78 is 17.8. The van der Waals surface area contributed by atoms with Crippen LogP contribution in [0.25, 0.3) is 0 Å². The molecule has 1 aliphatic heterocycles. The zero-order valence-electron chi connectivity index (χ0n) is 12.3. The van der Waals surface area contributed by atoms with E-state index in [2.05, 4.69) is 0 Å². The van der Waals surface area contributed by atoms with Gasteiger partial charge in [0.25, 0.3) is 0 Å². The van der Waals surface area contributed by atoms with Crippen molar-refractivity contribution >= 4 is 16.6 Å². The molecule has 4 heteroatoms. The van der Waals surface area contributed by atoms with Crippen LogP contribution in [0.3, 0.4) is 0 Å². The van der Waals surface area contributed by atoms with Gasteiger partial charge < -0.3 is 4.74 Å². The molecule has 1 fully saturated rings. The van der Waals surface area contributed by atoms with Gasteiger partial charge in [0.15, 0.2) is 5.78 Å². The number of carbonyl (C=O) groups excluding carboxylic acids is 1. The molecule has 1 aromatic carbocycles. The summed E-state index contributed by atoms with van der Waals surface area (Å²) in [7, 11) is -1.12. The maximum absolute atomic E-state index is 12.5. The SMILES string of the molecule is Cc1ccc(C(=O)C(C)S(=O)C2CCOCC2)cc1C. The number of aryl methyl sites for hydroxylation is 2. The van der Waals surface area contributed by atoms with Gasteiger partial charge in [-0.25, -0.2) is 0 Å². The molecule has 1 heterocycles. The number of benzene rings is 1. The maximum atomic E-state index is 12.5. The van der Waals surface area contributed by atoms with Gasteiger partial charge in [0.05, 0.1) is 5.25 Å². The Balaban J connectivity index is 2.10. The standard InChI is InChI=1S/C16H22O3S/c1-11-4-5-14(10-12(11)2)16(17)13(3)20(18)15-6-8-19-9-7-15/h4-5,10,13,15H,6-9H2,1-3H3. The molecule has 1 saturated heterocycles. The lowest BCUT2D eigenvalue weighted by molar-refractivity contribution is 0.0966. The number of Topliss-reactive ketones (excluding diaryl/α,β-unsaturated/α-hetero) is 1. The Morgan fingerprint density at radius 3 is 2.50 bits per heavy atom. The molecule has 1 aliphatic rings. The molecule has 0 bridgehead atoms. The van der Waals surface area contributed by atoms with Gasteiger partial charge in [0, 0.05) is 34.8 Å². The Labute approximate surface area is 123 Å². The molecule has 2 unspecified atom stereocenters. The van der Waals surface area contributed by atoms with Crippen molar-refractivity contribution in [2.24, 2.45) is 0 Å². The van der Waals surface area contributed by atoms with Crippen LogP contribution in [0.5, 0.6) is 0 Å². The van der Waals surface area contributed by atoms with Crippen molar-refractivity contribution < 1.29 is 13.7 Å². The fraction of sp³-hybridized carbons (Fsp3) is 0.562. The van der Waals surface area contributed by atoms with E-state index in [1.54, 1.807) is 6.92 Å². The Morgan fingerprint density at radius 1 is 1.25 bits per heavy atom. The smallest absolute Gasteiger partial charge is 0.178 e. The van der Waals surface area contributed by atoms with Crippen LogP contribution in [-0.2, 0) is 15.5 Å². The Kier molecular flexibility index (Phi) is 5.11. The lowest BCUT2D eigenvalue weighted by Crippen LogP contribution is -2.34. The third-order valence-electron chi connectivity index (χ3n) is 4.01. The molecule has 2 rings (SSSR count). The topological polar surface area (TPSA) is 43.4 Å². The Bertz CT molecular complexity index is 518. The minimum Gasteiger partial charge on any atom is -0.381 e. The van der Waals surface area contributed by atoms with Crippen molar-refractivity contribution in [1.82, 2.24) is 0 Å². The quantitative estimate of drug-likeness (QED) is 0.802. The van der Waals surface area contributed by atoms with E-state index in [0.717, 1.165) is 18.4 Å². The summed E-state index contributed by atoms with van der Waals surface area (Å²) in [5.74, 6) is -0.0158. The minimum atomic E-state index is -1.12. The predicted molar refractivity (Wildman–Crippen MR) is 81.7 cm³/mol. The molecule has 0 amide bonds. The summed E-state index contributed by atoms with van der Waals surface area (Å²) in [5, 5.41) is -0.352. The predicted octanol–water partition coefficient (Wildman–Crippen LogP) is 2.80. The van der Waals surface area contributed by atoms with Crippen molar-refractivity contribution in [3.63, 3.8) is 0 Å². The summed E-state index contributed by atoms with van der Waals surface area (Å²) in [6.45, 7) is 7.10. The maximum Gasteiger partial charge on any atom is 0.178 e. The first-order chi connectivity index (χ1) is 9.50. The highest BCUT2D eigenvalue weighted by Crippen LogP contribution is 2.20. The fourth-order valence-corrected chi connectivity index (χ4v) is 4.01. The number of carbonyl (C=O) groups is 1. The van der Waals surface area contributed by atoms with Crippen molar-refractivity contribution in [2.75, 3.05) is 13.2 Å². The number of ether oxygens (including phenoxy) is 1. The average molecular weight is 294 g/mol. The van der Waals surface area contributed by atoms with Gasteiger partial charge in [0.2, 0.25) is 0 Å². The van der Waals surface area contributed by atoms with Gasteiger partial charge in [0.1, 0.15) is 0 Å². The van der Waals surface area contributed by atoms with Crippen LogP contribution in [0.4, 0.5) is 0 Å². The Hall–Kier alpha value is -1.00. The average Bonchev–Trinajstić information content (AvgIpc) is 2.48. The lowest BCUT2D eigenvalue weighted by Gasteiger charge is -2.24. The highest BCUT2D eigenvalue weighted by atomic mass is 32.2. The van der Waals surface area contributed by atoms with Crippen LogP contribution in [0.1, 0.15) is 41.3 Å². The number of hydrogen-bond donors (Lipinski definition) is 0. The van der Waals surface area contributed by atoms with Gasteiger partial charge >= 0.3 is 0 Å². The molecule has 1 aromatic rings. The van der Waals surface area contributed by atoms with E-state index in [1.807, 2.05) is 32.0 Å². The largest absolute Gasteiger partial charge is 0.381 e. The van der Waals surface area contributed by atoms with Crippen LogP contribution in [0.15, 0.2) is 18.2 Å². The van der Waals surface area contributed by atoms with Gasteiger partial charge in [-0.1, -0.05) is 12.1 Å². The minimum absolute atomic E-state index is 0.0158. The second-order valence-corrected chi connectivity index (χ2v) is 7.48. The van der Waals surface area contributed by atoms with Crippen LogP contribution >= 0.6 is 0 Å². The molecule has 0 saturated carbocycles. The molecule has 0 N–H and O–H groups in total. The van der Waals surface area contributed by atoms with Crippen LogP contribution in [0, 0.1) is 13.8 Å². The van der Waals surface area contributed by atoms with Gasteiger partial charge in [-0.05, 0) is 50.8 Å². The van der Waals surface area contributed by atoms with E-state index >= 15 is 0 Å². The molecule has 3 nitrogen and oxygen atoms in total. The van der Waals surface area contributed by atoms with E-state index in [9.17, 15) is 9.00 Å². The first kappa shape index (κ1) is 15.4. The third kappa shape index (κ3) is 3.36. The Morgan fingerprint density at radius 2 is 1.90 bits per heavy atom. The first-order valence-corrected chi connectivity index (χ1v) is 8.37. The second kappa shape index (κ2) is 6.64. The highest BCUT2D eigenvalue weighted by Gasteiger charge is 2.29. The van der Waals surface area contributed by atoms with Crippen molar-refractivity contribution in [2.45, 2.75) is 44.1 Å². The molecular formula is C16H22O3S. The summed E-state index contributed by atoms with van der Waals surface area (Å²) in [4.78, 5) is 12.5. The summed E-state index contributed by atoms with van der Waals surface area (Å²) in [6, 6.07) is 5.68. The van der Waals surface area contributed by atoms with E-state index < -0.39 is 16.0 Å². The van der Waals surface area contributed by atoms with E-state index in [0.29, 0.717) is 18.8 Å². The molecule has 20 heavy (non-hydrogen) atoms. The monoisotopic (exact) mass is 294 g/mol. The van der Waals surface area contributed by atoms with Crippen molar-refractivity contribution in [3.05, 3.63) is 34.9 Å². The van der Waals surface area contributed by atoms with Crippen molar-refractivity contribution in [3.8, 4) is 0 Å². The highest BCUT2D eigenvalue weighted by molar-refractivity contribution is 7.87. The lowest BCUT2D eigenvalue weighted by atomic mass is 10.0. The zero-order valence-corrected chi connectivity index (χ0v) is 13.2. The molecular weight excluding hydrogens is 272 g/mol. The van der Waals surface area contributed by atoms with Gasteiger partial charge in [-0.3, -0.25) is 9.00 Å². The summed E-state index contributed by atoms with van der Waals surface area (Å²) >= 11 is 0. The normalized spacial score (nSPS) is 19.6. The molecule has 110 valence electrons. The van der Waals surface area contributed by atoms with E-state index in [4.69, 9.17) is 4.74 Å². The van der Waals surface area contributed by atoms with E-state index in [-0.39, 0.29) is 11.0 Å². The molecule has 0 aliphatic carbocycles. The zero-order chi connectivity index (χ0) is 14.7. The molecule has 0 aromatic heterocycles. The number of ketones is 1. The first-order valence-electron chi connectivity index (χ1n) is 7.09.